The zero-order valence-electron chi connectivity index (χ0n) is 5.92. The van der Waals surface area contributed by atoms with Crippen molar-refractivity contribution >= 4 is 49.1 Å². The van der Waals surface area contributed by atoms with Gasteiger partial charge in [-0.1, -0.05) is 0 Å². The van der Waals surface area contributed by atoms with Gasteiger partial charge in [0.1, 0.15) is 5.82 Å². The number of fused-ring (bicyclic) bond motifs is 1. The Morgan fingerprint density at radius 1 is 1.58 bits per heavy atom. The van der Waals surface area contributed by atoms with Gasteiger partial charge in [0.25, 0.3) is 0 Å². The van der Waals surface area contributed by atoms with Gasteiger partial charge in [0.15, 0.2) is 0 Å². The molecule has 2 heterocycles. The third-order valence-electron chi connectivity index (χ3n) is 1.41. The monoisotopic (exact) mass is 262 g/mol. The quantitative estimate of drug-likeness (QED) is 0.739. The number of halogens is 2. The van der Waals surface area contributed by atoms with Gasteiger partial charge in [0.2, 0.25) is 0 Å². The van der Waals surface area contributed by atoms with Crippen LogP contribution in [0.1, 0.15) is 5.82 Å². The molecule has 2 nitrogen and oxygen atoms in total. The van der Waals surface area contributed by atoms with Gasteiger partial charge in [-0.25, -0.2) is 9.97 Å². The number of hydrogen-bond donors (Lipinski definition) is 0. The molecule has 0 saturated heterocycles. The molecular weight excluding hydrogens is 260 g/mol. The summed E-state index contributed by atoms with van der Waals surface area (Å²) in [6, 6.07) is 1.97. The van der Waals surface area contributed by atoms with Gasteiger partial charge < -0.3 is 0 Å². The van der Waals surface area contributed by atoms with E-state index in [2.05, 4.69) is 25.9 Å². The van der Waals surface area contributed by atoms with E-state index in [9.17, 15) is 0 Å². The van der Waals surface area contributed by atoms with Crippen molar-refractivity contribution in [3.05, 3.63) is 21.9 Å². The maximum atomic E-state index is 5.60. The number of rotatable bonds is 1. The average Bonchev–Trinajstić information content (AvgIpc) is 2.43. The molecule has 0 atom stereocenters. The van der Waals surface area contributed by atoms with Crippen LogP contribution in [0.4, 0.5) is 0 Å². The normalized spacial score (nSPS) is 10.8. The summed E-state index contributed by atoms with van der Waals surface area (Å²) in [6.45, 7) is 0. The number of alkyl halides is 1. The van der Waals surface area contributed by atoms with E-state index in [1.807, 2.05) is 6.07 Å². The summed E-state index contributed by atoms with van der Waals surface area (Å²) in [5, 5.41) is 0. The third kappa shape index (κ3) is 1.46. The summed E-state index contributed by atoms with van der Waals surface area (Å²) in [5.41, 5.74) is 0.956. The molecular formula is C7H4BrClN2S. The van der Waals surface area contributed by atoms with E-state index < -0.39 is 0 Å². The van der Waals surface area contributed by atoms with Crippen LogP contribution in [0.5, 0.6) is 0 Å². The second-order valence-corrected chi connectivity index (χ2v) is 4.95. The Hall–Kier alpha value is -0.190. The van der Waals surface area contributed by atoms with Crippen LogP contribution in [0.25, 0.3) is 10.2 Å². The van der Waals surface area contributed by atoms with Crippen molar-refractivity contribution in [2.75, 3.05) is 0 Å². The van der Waals surface area contributed by atoms with Crippen LogP contribution in [0.15, 0.2) is 16.0 Å². The maximum Gasteiger partial charge on any atom is 0.143 e. The van der Waals surface area contributed by atoms with Crippen molar-refractivity contribution in [1.29, 1.82) is 0 Å². The van der Waals surface area contributed by atoms with E-state index in [0.717, 1.165) is 14.0 Å². The van der Waals surface area contributed by atoms with Gasteiger partial charge in [0, 0.05) is 6.20 Å². The van der Waals surface area contributed by atoms with Gasteiger partial charge in [0.05, 0.1) is 19.9 Å². The number of thiophene rings is 1. The van der Waals surface area contributed by atoms with Gasteiger partial charge in [-0.2, -0.15) is 0 Å². The topological polar surface area (TPSA) is 25.8 Å². The molecule has 0 spiro atoms. The van der Waals surface area contributed by atoms with Gasteiger partial charge in [-0.3, -0.25) is 0 Å². The predicted octanol–water partition coefficient (Wildman–Crippen LogP) is 3.19. The smallest absolute Gasteiger partial charge is 0.143 e. The second kappa shape index (κ2) is 3.28. The van der Waals surface area contributed by atoms with Gasteiger partial charge in [-0.05, 0) is 22.0 Å². The second-order valence-electron chi connectivity index (χ2n) is 2.22. The third-order valence-corrected chi connectivity index (χ3v) is 3.21. The molecule has 2 aromatic rings. The Kier molecular flexibility index (Phi) is 2.30. The van der Waals surface area contributed by atoms with Crippen LogP contribution >= 0.6 is 38.9 Å². The lowest BCUT2D eigenvalue weighted by Gasteiger charge is -1.91. The first-order chi connectivity index (χ1) is 5.79. The Balaban J connectivity index is 2.66. The first kappa shape index (κ1) is 8.41. The van der Waals surface area contributed by atoms with Gasteiger partial charge in [-0.15, -0.1) is 22.9 Å². The van der Waals surface area contributed by atoms with Crippen molar-refractivity contribution in [2.45, 2.75) is 5.88 Å². The molecule has 0 N–H and O–H groups in total. The van der Waals surface area contributed by atoms with E-state index in [1.165, 1.54) is 0 Å². The Labute approximate surface area is 86.7 Å². The molecule has 0 aliphatic carbocycles. The maximum absolute atomic E-state index is 5.60. The first-order valence-electron chi connectivity index (χ1n) is 3.26. The lowest BCUT2D eigenvalue weighted by molar-refractivity contribution is 1.07. The fourth-order valence-corrected chi connectivity index (χ4v) is 2.47. The fraction of sp³-hybridized carbons (Fsp3) is 0.143. The standard InChI is InChI=1S/C7H4BrClN2S/c8-6-1-4-5(12-6)3-10-7(2-9)11-4/h1,3H,2H2. The van der Waals surface area contributed by atoms with Crippen LogP contribution in [0.3, 0.4) is 0 Å². The van der Waals surface area contributed by atoms with Crippen LogP contribution < -0.4 is 0 Å². The molecule has 5 heteroatoms. The van der Waals surface area contributed by atoms with E-state index >= 15 is 0 Å². The summed E-state index contributed by atoms with van der Waals surface area (Å²) in [6.07, 6.45) is 1.80. The molecule has 0 aromatic carbocycles. The van der Waals surface area contributed by atoms with Crippen LogP contribution in [0.2, 0.25) is 0 Å². The van der Waals surface area contributed by atoms with Gasteiger partial charge >= 0.3 is 0 Å². The largest absolute Gasteiger partial charge is 0.239 e. The fourth-order valence-electron chi connectivity index (χ4n) is 0.911. The molecule has 0 radical (unpaired) electrons. The average molecular weight is 264 g/mol. The summed E-state index contributed by atoms with van der Waals surface area (Å²) in [7, 11) is 0. The van der Waals surface area contributed by atoms with Crippen molar-refractivity contribution in [3.63, 3.8) is 0 Å². The van der Waals surface area contributed by atoms with Crippen LogP contribution in [-0.2, 0) is 5.88 Å². The zero-order valence-corrected chi connectivity index (χ0v) is 9.08. The van der Waals surface area contributed by atoms with Crippen molar-refractivity contribution in [3.8, 4) is 0 Å². The summed E-state index contributed by atoms with van der Waals surface area (Å²) < 4.78 is 2.15. The minimum atomic E-state index is 0.364. The molecule has 2 rings (SSSR count). The SMILES string of the molecule is ClCc1ncc2sc(Br)cc2n1. The zero-order chi connectivity index (χ0) is 8.55. The molecule has 0 amide bonds. The van der Waals surface area contributed by atoms with Crippen molar-refractivity contribution in [1.82, 2.24) is 9.97 Å². The minimum absolute atomic E-state index is 0.364. The first-order valence-corrected chi connectivity index (χ1v) is 5.41. The molecule has 0 aliphatic rings. The van der Waals surface area contributed by atoms with E-state index in [0.29, 0.717) is 11.7 Å². The molecule has 0 unspecified atom stereocenters. The highest BCUT2D eigenvalue weighted by atomic mass is 79.9. The van der Waals surface area contributed by atoms with Crippen LogP contribution in [0, 0.1) is 0 Å². The highest BCUT2D eigenvalue weighted by Gasteiger charge is 2.02. The van der Waals surface area contributed by atoms with E-state index in [-0.39, 0.29) is 0 Å². The van der Waals surface area contributed by atoms with Crippen molar-refractivity contribution < 1.29 is 0 Å². The highest BCUT2D eigenvalue weighted by Crippen LogP contribution is 2.27. The van der Waals surface area contributed by atoms with Crippen LogP contribution in [-0.4, -0.2) is 9.97 Å². The molecule has 0 bridgehead atoms. The number of nitrogens with zero attached hydrogens (tertiary/aromatic N) is 2. The lowest BCUT2D eigenvalue weighted by atomic mass is 10.5. The van der Waals surface area contributed by atoms with E-state index in [4.69, 9.17) is 11.6 Å². The summed E-state index contributed by atoms with van der Waals surface area (Å²) in [4.78, 5) is 8.34. The Morgan fingerprint density at radius 2 is 2.42 bits per heavy atom. The molecule has 0 aliphatic heterocycles. The summed E-state index contributed by atoms with van der Waals surface area (Å²) in [5.74, 6) is 1.04. The molecule has 62 valence electrons. The molecule has 0 fully saturated rings. The predicted molar refractivity (Wildman–Crippen MR) is 54.7 cm³/mol. The lowest BCUT2D eigenvalue weighted by Crippen LogP contribution is -1.88. The van der Waals surface area contributed by atoms with Crippen molar-refractivity contribution in [2.24, 2.45) is 0 Å². The number of hydrogen-bond acceptors (Lipinski definition) is 3. The summed E-state index contributed by atoms with van der Waals surface area (Å²) >= 11 is 10.6. The number of aromatic nitrogens is 2. The molecule has 0 saturated carbocycles. The minimum Gasteiger partial charge on any atom is -0.239 e. The highest BCUT2D eigenvalue weighted by molar-refractivity contribution is 9.11. The van der Waals surface area contributed by atoms with E-state index in [1.54, 1.807) is 17.5 Å². The Bertz CT molecular complexity index is 415. The molecule has 12 heavy (non-hydrogen) atoms. The molecule has 2 aromatic heterocycles. The Morgan fingerprint density at radius 3 is 3.17 bits per heavy atom.